The van der Waals surface area contributed by atoms with Gasteiger partial charge in [0.2, 0.25) is 0 Å². The van der Waals surface area contributed by atoms with E-state index in [9.17, 15) is 5.11 Å². The van der Waals surface area contributed by atoms with Crippen molar-refractivity contribution in [2.24, 2.45) is 0 Å². The normalized spacial score (nSPS) is 12.7. The molecule has 0 bridgehead atoms. The van der Waals surface area contributed by atoms with Crippen molar-refractivity contribution in [2.45, 2.75) is 85.5 Å². The van der Waals surface area contributed by atoms with Crippen LogP contribution >= 0.6 is 0 Å². The Kier molecular flexibility index (Phi) is 9.01. The molecule has 1 aromatic heterocycles. The zero-order valence-corrected chi connectivity index (χ0v) is 26.0. The average molecular weight is 554 g/mol. The number of benzene rings is 4. The zero-order valence-electron chi connectivity index (χ0n) is 26.0. The highest BCUT2D eigenvalue weighted by atomic mass is 16.5. The van der Waals surface area contributed by atoms with E-state index in [4.69, 9.17) is 12.5 Å². The summed E-state index contributed by atoms with van der Waals surface area (Å²) in [7, 11) is 7.80. The lowest BCUT2D eigenvalue weighted by atomic mass is 9.84. The van der Waals surface area contributed by atoms with Crippen molar-refractivity contribution in [3.05, 3.63) is 83.9 Å². The third-order valence-electron chi connectivity index (χ3n) is 8.63. The SMILES string of the molecule is [B]c1ccc(-c2ccc3c4ccc(-c5ccc([B]OC(C)C(C)(C)O)cc5C)cc4n(CCCCCC)c3c2)c(C)c1. The average Bonchev–Trinajstić information content (AvgIpc) is 3.25. The van der Waals surface area contributed by atoms with Crippen molar-refractivity contribution in [3.63, 3.8) is 0 Å². The second-order valence-corrected chi connectivity index (χ2v) is 12.4. The smallest absolute Gasteiger partial charge is 0.330 e. The predicted octanol–water partition coefficient (Wildman–Crippen LogP) is 7.54. The van der Waals surface area contributed by atoms with Crippen molar-refractivity contribution in [3.8, 4) is 22.3 Å². The summed E-state index contributed by atoms with van der Waals surface area (Å²) in [5.74, 6) is 0. The van der Waals surface area contributed by atoms with Crippen LogP contribution in [0, 0.1) is 13.8 Å². The van der Waals surface area contributed by atoms with Gasteiger partial charge in [-0.25, -0.2) is 0 Å². The highest BCUT2D eigenvalue weighted by Gasteiger charge is 2.23. The lowest BCUT2D eigenvalue weighted by Crippen LogP contribution is -2.38. The van der Waals surface area contributed by atoms with Crippen LogP contribution in [0.25, 0.3) is 44.1 Å². The maximum Gasteiger partial charge on any atom is 0.330 e. The minimum Gasteiger partial charge on any atom is -0.429 e. The van der Waals surface area contributed by atoms with Crippen molar-refractivity contribution in [1.82, 2.24) is 4.57 Å². The largest absolute Gasteiger partial charge is 0.429 e. The van der Waals surface area contributed by atoms with Crippen LogP contribution in [0.1, 0.15) is 64.5 Å². The standard InChI is InChI=1S/C37H42B2NO2/c1-7-8-9-10-19-40-35-22-27(31-17-13-29(38)20-24(31)2)11-15-33(35)34-16-12-28(23-36(34)40)32-18-14-30(21-25(32)3)39-42-26(4)37(5,6)41/h11-18,20-23,26,41H,7-10,19H2,1-6H3. The van der Waals surface area contributed by atoms with E-state index in [1.807, 2.05) is 13.0 Å². The third kappa shape index (κ3) is 6.38. The van der Waals surface area contributed by atoms with Gasteiger partial charge < -0.3 is 14.3 Å². The van der Waals surface area contributed by atoms with Crippen LogP contribution in [0.2, 0.25) is 0 Å². The molecular formula is C37H42B2NO2. The number of hydrogen-bond acceptors (Lipinski definition) is 2. The molecule has 0 fully saturated rings. The Morgan fingerprint density at radius 3 is 1.95 bits per heavy atom. The lowest BCUT2D eigenvalue weighted by molar-refractivity contribution is -0.0223. The zero-order chi connectivity index (χ0) is 30.0. The first-order chi connectivity index (χ1) is 20.1. The quantitative estimate of drug-likeness (QED) is 0.135. The van der Waals surface area contributed by atoms with Gasteiger partial charge in [0.05, 0.1) is 11.7 Å². The molecule has 0 saturated heterocycles. The van der Waals surface area contributed by atoms with E-state index in [-0.39, 0.29) is 6.10 Å². The first-order valence-corrected chi connectivity index (χ1v) is 15.3. The third-order valence-corrected chi connectivity index (χ3v) is 8.63. The Morgan fingerprint density at radius 1 is 0.810 bits per heavy atom. The molecule has 5 rings (SSSR count). The van der Waals surface area contributed by atoms with Gasteiger partial charge in [0.15, 0.2) is 0 Å². The fourth-order valence-electron chi connectivity index (χ4n) is 5.81. The summed E-state index contributed by atoms with van der Waals surface area (Å²) in [6, 6.07) is 26.4. The maximum atomic E-state index is 10.2. The molecule has 4 aromatic carbocycles. The van der Waals surface area contributed by atoms with Crippen LogP contribution in [0.4, 0.5) is 0 Å². The molecule has 0 saturated carbocycles. The Balaban J connectivity index is 1.54. The van der Waals surface area contributed by atoms with Crippen LogP contribution in [0.5, 0.6) is 0 Å². The van der Waals surface area contributed by atoms with E-state index in [0.29, 0.717) is 0 Å². The van der Waals surface area contributed by atoms with E-state index in [1.54, 1.807) is 21.3 Å². The molecule has 0 aliphatic carbocycles. The minimum absolute atomic E-state index is 0.302. The molecule has 3 radical (unpaired) electrons. The Labute approximate surface area is 253 Å². The molecule has 5 heteroatoms. The Hall–Kier alpha value is -3.27. The minimum atomic E-state index is -0.898. The van der Waals surface area contributed by atoms with Gasteiger partial charge in [-0.05, 0) is 86.6 Å². The van der Waals surface area contributed by atoms with Crippen molar-refractivity contribution >= 4 is 48.1 Å². The molecule has 0 spiro atoms. The van der Waals surface area contributed by atoms with E-state index < -0.39 is 5.60 Å². The molecule has 0 amide bonds. The molecule has 5 aromatic rings. The molecule has 1 N–H and O–H groups in total. The highest BCUT2D eigenvalue weighted by molar-refractivity contribution is 6.47. The first-order valence-electron chi connectivity index (χ1n) is 15.3. The van der Waals surface area contributed by atoms with Crippen LogP contribution in [-0.2, 0) is 11.2 Å². The molecule has 1 atom stereocenters. The summed E-state index contributed by atoms with van der Waals surface area (Å²) in [5, 5.41) is 12.8. The number of aromatic nitrogens is 1. The van der Waals surface area contributed by atoms with E-state index in [2.05, 4.69) is 92.1 Å². The van der Waals surface area contributed by atoms with Gasteiger partial charge in [-0.3, -0.25) is 0 Å². The second-order valence-electron chi connectivity index (χ2n) is 12.4. The highest BCUT2D eigenvalue weighted by Crippen LogP contribution is 2.36. The van der Waals surface area contributed by atoms with Crippen LogP contribution in [-0.4, -0.2) is 36.7 Å². The van der Waals surface area contributed by atoms with E-state index in [0.717, 1.165) is 23.9 Å². The van der Waals surface area contributed by atoms with Gasteiger partial charge in [0.25, 0.3) is 0 Å². The van der Waals surface area contributed by atoms with Gasteiger partial charge in [0, 0.05) is 28.4 Å². The number of rotatable bonds is 11. The van der Waals surface area contributed by atoms with Crippen molar-refractivity contribution in [1.29, 1.82) is 0 Å². The molecule has 213 valence electrons. The van der Waals surface area contributed by atoms with Crippen molar-refractivity contribution in [2.75, 3.05) is 0 Å². The summed E-state index contributed by atoms with van der Waals surface area (Å²) in [4.78, 5) is 0. The topological polar surface area (TPSA) is 34.4 Å². The van der Waals surface area contributed by atoms with Crippen LogP contribution < -0.4 is 10.9 Å². The molecule has 0 aliphatic rings. The second kappa shape index (κ2) is 12.5. The van der Waals surface area contributed by atoms with E-state index in [1.165, 1.54) is 74.4 Å². The number of fused-ring (bicyclic) bond motifs is 3. The summed E-state index contributed by atoms with van der Waals surface area (Å²) in [5.41, 5.74) is 10.7. The number of unbranched alkanes of at least 4 members (excludes halogenated alkanes) is 3. The van der Waals surface area contributed by atoms with Gasteiger partial charge in [-0.1, -0.05) is 97.8 Å². The number of aliphatic hydroxyl groups is 1. The van der Waals surface area contributed by atoms with Gasteiger partial charge in [0.1, 0.15) is 7.85 Å². The maximum absolute atomic E-state index is 10.2. The van der Waals surface area contributed by atoms with Crippen LogP contribution in [0.15, 0.2) is 72.8 Å². The number of aryl methyl sites for hydroxylation is 3. The monoisotopic (exact) mass is 554 g/mol. The molecule has 42 heavy (non-hydrogen) atoms. The number of hydrogen-bond donors (Lipinski definition) is 1. The van der Waals surface area contributed by atoms with Crippen LogP contribution in [0.3, 0.4) is 0 Å². The summed E-state index contributed by atoms with van der Waals surface area (Å²) in [6.07, 6.45) is 4.59. The van der Waals surface area contributed by atoms with Gasteiger partial charge in [-0.15, -0.1) is 0 Å². The summed E-state index contributed by atoms with van der Waals surface area (Å²) < 4.78 is 8.36. The molecule has 3 nitrogen and oxygen atoms in total. The fraction of sp³-hybridized carbons (Fsp3) is 0.351. The summed E-state index contributed by atoms with van der Waals surface area (Å²) >= 11 is 0. The molecule has 1 unspecified atom stereocenters. The predicted molar refractivity (Wildman–Crippen MR) is 182 cm³/mol. The van der Waals surface area contributed by atoms with Gasteiger partial charge in [-0.2, -0.15) is 0 Å². The molecular weight excluding hydrogens is 512 g/mol. The Bertz CT molecular complexity index is 1710. The lowest BCUT2D eigenvalue weighted by Gasteiger charge is -2.26. The summed E-state index contributed by atoms with van der Waals surface area (Å²) in [6.45, 7) is 13.0. The van der Waals surface area contributed by atoms with Gasteiger partial charge >= 0.3 is 7.48 Å². The molecule has 0 aliphatic heterocycles. The Morgan fingerprint density at radius 2 is 1.40 bits per heavy atom. The number of nitrogens with zero attached hydrogens (tertiary/aromatic N) is 1. The van der Waals surface area contributed by atoms with Crippen molar-refractivity contribution < 1.29 is 9.76 Å². The molecule has 1 heterocycles. The van der Waals surface area contributed by atoms with E-state index >= 15 is 0 Å². The fourth-order valence-corrected chi connectivity index (χ4v) is 5.81. The first kappa shape index (κ1) is 30.2.